The number of benzene rings is 1. The molecule has 2 saturated heterocycles. The maximum Gasteiger partial charge on any atom is 0.306 e. The van der Waals surface area contributed by atoms with Gasteiger partial charge in [0.05, 0.1) is 16.8 Å². The number of aromatic nitrogens is 1. The van der Waals surface area contributed by atoms with Gasteiger partial charge in [-0.25, -0.2) is 4.98 Å². The van der Waals surface area contributed by atoms with Crippen LogP contribution in [0.3, 0.4) is 0 Å². The van der Waals surface area contributed by atoms with Gasteiger partial charge in [0.15, 0.2) is 12.2 Å². The van der Waals surface area contributed by atoms with Crippen LogP contribution in [0.1, 0.15) is 103 Å². The first kappa shape index (κ1) is 30.1. The number of ether oxygens (including phenoxy) is 2. The summed E-state index contributed by atoms with van der Waals surface area (Å²) < 4.78 is 12.5. The molecule has 3 N–H and O–H groups in total. The molecule has 6 atom stereocenters. The molecule has 0 spiro atoms. The zero-order chi connectivity index (χ0) is 28.6. The van der Waals surface area contributed by atoms with E-state index in [9.17, 15) is 24.9 Å². The van der Waals surface area contributed by atoms with E-state index in [4.69, 9.17) is 9.47 Å². The number of aliphatic hydroxyl groups excluding tert-OH is 2. The number of Topliss-reactive ketones (excluding diaryl/α,β-unsaturated/α-hetero) is 1. The number of hydrogen-bond acceptors (Lipinski definition) is 9. The fraction of sp³-hybridized carbons (Fsp3) is 0.700. The summed E-state index contributed by atoms with van der Waals surface area (Å²) in [6.07, 6.45) is 2.30. The SMILES string of the molecule is CCCC1CC(C)CCCC2(C)OC2(O)C(O)C(c2ccc3sc(CO)nc3c2)OC(=O)CCC(C)(C)C1=O. The molecule has 0 aliphatic carbocycles. The van der Waals surface area contributed by atoms with Gasteiger partial charge >= 0.3 is 5.97 Å². The number of epoxide rings is 1. The first-order chi connectivity index (χ1) is 18.3. The number of hydrogen-bond donors (Lipinski definition) is 3. The Hall–Kier alpha value is -1.91. The van der Waals surface area contributed by atoms with Gasteiger partial charge in [-0.2, -0.15) is 0 Å². The van der Waals surface area contributed by atoms with E-state index in [2.05, 4.69) is 18.8 Å². The highest BCUT2D eigenvalue weighted by atomic mass is 32.1. The number of carbonyl (C=O) groups is 2. The third kappa shape index (κ3) is 6.22. The molecule has 2 aliphatic rings. The standard InChI is InChI=1S/C30H43NO7S/c1-6-8-20-15-18(2)9-7-13-29(5)30(36,38-29)27(35)25(37-24(33)12-14-28(3,4)26(20)34)19-10-11-22-21(16-19)31-23(17-32)39-22/h10-11,16,18,20,25,27,32,35-36H,6-9,12-15,17H2,1-5H3. The minimum absolute atomic E-state index is 0.000514. The molecule has 1 aromatic heterocycles. The second kappa shape index (κ2) is 11.5. The van der Waals surface area contributed by atoms with Crippen molar-refractivity contribution in [3.8, 4) is 0 Å². The predicted octanol–water partition coefficient (Wildman–Crippen LogP) is 5.21. The number of rotatable bonds is 4. The molecule has 9 heteroatoms. The van der Waals surface area contributed by atoms with Crippen LogP contribution in [0.4, 0.5) is 0 Å². The smallest absolute Gasteiger partial charge is 0.306 e. The van der Waals surface area contributed by atoms with Crippen LogP contribution in [-0.2, 0) is 25.7 Å². The van der Waals surface area contributed by atoms with E-state index in [1.165, 1.54) is 11.3 Å². The molecule has 2 fully saturated rings. The highest BCUT2D eigenvalue weighted by molar-refractivity contribution is 7.18. The van der Waals surface area contributed by atoms with Crippen LogP contribution in [0.25, 0.3) is 10.2 Å². The molecule has 4 rings (SSSR count). The molecule has 39 heavy (non-hydrogen) atoms. The number of thiazole rings is 1. The lowest BCUT2D eigenvalue weighted by molar-refractivity contribution is -0.171. The molecule has 2 aromatic rings. The molecule has 6 unspecified atom stereocenters. The minimum atomic E-state index is -1.87. The first-order valence-corrected chi connectivity index (χ1v) is 15.0. The molecule has 0 amide bonds. The van der Waals surface area contributed by atoms with Crippen molar-refractivity contribution in [1.82, 2.24) is 4.98 Å². The largest absolute Gasteiger partial charge is 0.454 e. The molecular formula is C30H43NO7S. The topological polar surface area (TPSA) is 129 Å². The Balaban J connectivity index is 1.65. The molecule has 1 aromatic carbocycles. The average molecular weight is 562 g/mol. The summed E-state index contributed by atoms with van der Waals surface area (Å²) in [6, 6.07) is 5.24. The van der Waals surface area contributed by atoms with Crippen molar-refractivity contribution in [1.29, 1.82) is 0 Å². The van der Waals surface area contributed by atoms with E-state index in [0.29, 0.717) is 34.8 Å². The Morgan fingerprint density at radius 1 is 1.18 bits per heavy atom. The van der Waals surface area contributed by atoms with Crippen molar-refractivity contribution in [2.75, 3.05) is 0 Å². The summed E-state index contributed by atoms with van der Waals surface area (Å²) in [4.78, 5) is 31.1. The predicted molar refractivity (Wildman–Crippen MR) is 149 cm³/mol. The van der Waals surface area contributed by atoms with E-state index >= 15 is 0 Å². The summed E-state index contributed by atoms with van der Waals surface area (Å²) in [5.41, 5.74) is -0.604. The maximum absolute atomic E-state index is 13.6. The minimum Gasteiger partial charge on any atom is -0.454 e. The van der Waals surface area contributed by atoms with Crippen LogP contribution < -0.4 is 0 Å². The van der Waals surface area contributed by atoms with Crippen molar-refractivity contribution >= 4 is 33.3 Å². The molecule has 216 valence electrons. The third-order valence-electron chi connectivity index (χ3n) is 8.63. The highest BCUT2D eigenvalue weighted by Gasteiger charge is 2.71. The second-order valence-corrected chi connectivity index (χ2v) is 13.5. The van der Waals surface area contributed by atoms with Crippen LogP contribution >= 0.6 is 11.3 Å². The van der Waals surface area contributed by atoms with E-state index in [0.717, 1.165) is 36.8 Å². The summed E-state index contributed by atoms with van der Waals surface area (Å²) in [5.74, 6) is -1.98. The lowest BCUT2D eigenvalue weighted by Crippen LogP contribution is -2.42. The van der Waals surface area contributed by atoms with Gasteiger partial charge in [-0.3, -0.25) is 9.59 Å². The Labute approximate surface area is 234 Å². The fourth-order valence-electron chi connectivity index (χ4n) is 6.06. The summed E-state index contributed by atoms with van der Waals surface area (Å²) in [5, 5.41) is 32.9. The molecule has 3 heterocycles. The number of esters is 1. The molecule has 0 radical (unpaired) electrons. The van der Waals surface area contributed by atoms with Gasteiger partial charge in [0.1, 0.15) is 16.4 Å². The number of cyclic esters (lactones) is 1. The summed E-state index contributed by atoms with van der Waals surface area (Å²) >= 11 is 1.35. The number of aliphatic hydroxyl groups is 3. The lowest BCUT2D eigenvalue weighted by atomic mass is 9.73. The Morgan fingerprint density at radius 3 is 2.62 bits per heavy atom. The van der Waals surface area contributed by atoms with Gasteiger partial charge in [-0.05, 0) is 56.2 Å². The van der Waals surface area contributed by atoms with Gasteiger partial charge in [0.25, 0.3) is 0 Å². The number of nitrogens with zero attached hydrogens (tertiary/aromatic N) is 1. The van der Waals surface area contributed by atoms with Crippen LogP contribution in [0.5, 0.6) is 0 Å². The van der Waals surface area contributed by atoms with E-state index < -0.39 is 35.0 Å². The Kier molecular flexibility index (Phi) is 8.88. The van der Waals surface area contributed by atoms with Crippen molar-refractivity contribution in [2.24, 2.45) is 17.3 Å². The fourth-order valence-corrected chi connectivity index (χ4v) is 6.87. The van der Waals surface area contributed by atoms with Gasteiger partial charge in [-0.1, -0.05) is 53.0 Å². The second-order valence-electron chi connectivity index (χ2n) is 12.3. The zero-order valence-corrected chi connectivity index (χ0v) is 24.6. The number of carbonyl (C=O) groups excluding carboxylic acids is 2. The van der Waals surface area contributed by atoms with Crippen molar-refractivity contribution in [2.45, 2.75) is 116 Å². The molecule has 8 nitrogen and oxygen atoms in total. The van der Waals surface area contributed by atoms with Crippen molar-refractivity contribution in [3.63, 3.8) is 0 Å². The van der Waals surface area contributed by atoms with Gasteiger partial charge in [0, 0.05) is 17.8 Å². The van der Waals surface area contributed by atoms with Crippen LogP contribution in [0, 0.1) is 17.3 Å². The number of fused-ring (bicyclic) bond motifs is 2. The maximum atomic E-state index is 13.6. The molecular weight excluding hydrogens is 518 g/mol. The van der Waals surface area contributed by atoms with Gasteiger partial charge in [0.2, 0.25) is 5.79 Å². The lowest BCUT2D eigenvalue weighted by Gasteiger charge is -2.31. The zero-order valence-electron chi connectivity index (χ0n) is 23.7. The van der Waals surface area contributed by atoms with E-state index in [1.54, 1.807) is 25.1 Å². The van der Waals surface area contributed by atoms with Crippen LogP contribution in [-0.4, -0.2) is 49.5 Å². The Bertz CT molecular complexity index is 1200. The van der Waals surface area contributed by atoms with Crippen molar-refractivity contribution in [3.05, 3.63) is 28.8 Å². The van der Waals surface area contributed by atoms with Crippen LogP contribution in [0.15, 0.2) is 18.2 Å². The third-order valence-corrected chi connectivity index (χ3v) is 9.65. The molecule has 2 aliphatic heterocycles. The highest BCUT2D eigenvalue weighted by Crippen LogP contribution is 2.54. The first-order valence-electron chi connectivity index (χ1n) is 14.2. The normalized spacial score (nSPS) is 34.5. The van der Waals surface area contributed by atoms with Crippen molar-refractivity contribution < 1.29 is 34.4 Å². The molecule has 0 saturated carbocycles. The van der Waals surface area contributed by atoms with E-state index in [1.807, 2.05) is 13.8 Å². The Morgan fingerprint density at radius 2 is 1.92 bits per heavy atom. The average Bonchev–Trinajstić information content (AvgIpc) is 3.22. The monoisotopic (exact) mass is 561 g/mol. The van der Waals surface area contributed by atoms with Crippen LogP contribution in [0.2, 0.25) is 0 Å². The van der Waals surface area contributed by atoms with Gasteiger partial charge < -0.3 is 24.8 Å². The number of ketones is 1. The quantitative estimate of drug-likeness (QED) is 0.343. The van der Waals surface area contributed by atoms with E-state index in [-0.39, 0.29) is 24.7 Å². The summed E-state index contributed by atoms with van der Waals surface area (Å²) in [6.45, 7) is 9.62. The van der Waals surface area contributed by atoms with Gasteiger partial charge in [-0.15, -0.1) is 11.3 Å². The summed E-state index contributed by atoms with van der Waals surface area (Å²) in [7, 11) is 0. The molecule has 0 bridgehead atoms.